The molecule has 0 radical (unpaired) electrons. The van der Waals surface area contributed by atoms with Crippen LogP contribution in [0.1, 0.15) is 43.6 Å². The molecule has 0 saturated heterocycles. The largest absolute Gasteiger partial charge is 0.0602 e. The quantitative estimate of drug-likeness (QED) is 0.107. The number of nitrogens with zero attached hydrogens (tertiary/aromatic N) is 4. The Morgan fingerprint density at radius 2 is 0.538 bits per heavy atom. The van der Waals surface area contributed by atoms with Crippen molar-refractivity contribution in [1.82, 2.24) is 0 Å². The topological polar surface area (TPSA) is 13.0 Å². The fourth-order valence-corrected chi connectivity index (χ4v) is 28.8. The molecule has 21 aromatic rings. The summed E-state index contributed by atoms with van der Waals surface area (Å²) in [5.41, 5.74) is 28.4. The molecule has 0 N–H and O–H groups in total. The SMILES string of the molecule is c1ccc(N(c2ccccc2)c2ccc3c(c2)N(c2c(-c4ccc5[se]c6ccccc6c5c4)cccc2-c2ccc4[se]c5ccccc5c4c2)c2cc(C4CCCCC4)cc4c2B3c2ccc(N(c3ccccc3)c3ccccc3)cc2N4c2c(-c3ccc4[se]c5ccccc5c4c3)cccc2-c2ccc3[se]c4ccccc4c3c2)cc1. The van der Waals surface area contributed by atoms with Crippen LogP contribution in [0.4, 0.5) is 68.2 Å². The molecule has 4 nitrogen and oxygen atoms in total. The van der Waals surface area contributed by atoms with E-state index in [4.69, 9.17) is 0 Å². The van der Waals surface area contributed by atoms with Crippen molar-refractivity contribution in [1.29, 1.82) is 0 Å². The molecule has 552 valence electrons. The van der Waals surface area contributed by atoms with Gasteiger partial charge in [0.2, 0.25) is 0 Å². The minimum atomic E-state index is -0.249. The van der Waals surface area contributed by atoms with Crippen LogP contribution in [0.25, 0.3) is 122 Å². The van der Waals surface area contributed by atoms with Gasteiger partial charge in [0, 0.05) is 0 Å². The van der Waals surface area contributed by atoms with Crippen molar-refractivity contribution < 1.29 is 0 Å². The molecule has 0 atom stereocenters. The van der Waals surface area contributed by atoms with E-state index < -0.39 is 0 Å². The van der Waals surface area contributed by atoms with Gasteiger partial charge < -0.3 is 0 Å². The maximum absolute atomic E-state index is 2.83. The second-order valence-corrected chi connectivity index (χ2v) is 40.6. The van der Waals surface area contributed by atoms with Crippen molar-refractivity contribution in [3.63, 3.8) is 0 Å². The molecule has 17 aromatic carbocycles. The van der Waals surface area contributed by atoms with Gasteiger partial charge in [-0.3, -0.25) is 0 Å². The van der Waals surface area contributed by atoms with E-state index in [-0.39, 0.29) is 64.7 Å². The minimum absolute atomic E-state index is 0.193. The van der Waals surface area contributed by atoms with Gasteiger partial charge in [0.25, 0.3) is 0 Å². The van der Waals surface area contributed by atoms with Gasteiger partial charge in [-0.1, -0.05) is 92.1 Å². The van der Waals surface area contributed by atoms with Crippen LogP contribution >= 0.6 is 0 Å². The summed E-state index contributed by atoms with van der Waals surface area (Å²) in [6.07, 6.45) is 5.85. The number of hydrogen-bond acceptors (Lipinski definition) is 4. The number of benzene rings is 17. The van der Waals surface area contributed by atoms with E-state index in [0.717, 1.165) is 58.3 Å². The summed E-state index contributed by atoms with van der Waals surface area (Å²) in [5.74, 6) is 0.306. The molecular formula is C108H73BN4Se4. The molecule has 24 rings (SSSR count). The molecule has 9 heteroatoms. The third-order valence-corrected chi connectivity index (χ3v) is 34.6. The van der Waals surface area contributed by atoms with Gasteiger partial charge >= 0.3 is 570 Å². The Morgan fingerprint density at radius 1 is 0.239 bits per heavy atom. The van der Waals surface area contributed by atoms with Crippen molar-refractivity contribution >= 4 is 227 Å². The number of fused-ring (bicyclic) bond motifs is 16. The number of para-hydroxylation sites is 6. The first-order chi connectivity index (χ1) is 58.0. The fourth-order valence-electron chi connectivity index (χ4n) is 19.7. The van der Waals surface area contributed by atoms with Crippen molar-refractivity contribution in [3.8, 4) is 44.5 Å². The maximum Gasteiger partial charge on any atom is -0.0380 e. The number of rotatable bonds is 13. The Bertz CT molecular complexity index is 6770. The van der Waals surface area contributed by atoms with Gasteiger partial charge in [-0.15, -0.1) is 0 Å². The first-order valence-electron chi connectivity index (χ1n) is 40.8. The molecule has 2 aliphatic heterocycles. The Kier molecular flexibility index (Phi) is 16.9. The van der Waals surface area contributed by atoms with Crippen LogP contribution in [0.5, 0.6) is 0 Å². The minimum Gasteiger partial charge on any atom is -0.0602 e. The summed E-state index contributed by atoms with van der Waals surface area (Å²) in [5, 5.41) is 10.8. The third-order valence-electron chi connectivity index (χ3n) is 25.0. The zero-order valence-electron chi connectivity index (χ0n) is 63.9. The van der Waals surface area contributed by atoms with Crippen LogP contribution in [0.15, 0.2) is 376 Å². The average molecular weight is 1750 g/mol. The second-order valence-electron chi connectivity index (χ2n) is 31.6. The summed E-state index contributed by atoms with van der Waals surface area (Å²) in [6, 6.07) is 146. The summed E-state index contributed by atoms with van der Waals surface area (Å²) in [6.45, 7) is -0.249. The maximum atomic E-state index is 2.83. The molecule has 117 heavy (non-hydrogen) atoms. The molecule has 1 fully saturated rings. The van der Waals surface area contributed by atoms with E-state index in [9.17, 15) is 0 Å². The van der Waals surface area contributed by atoms with Crippen molar-refractivity contribution in [2.75, 3.05) is 19.6 Å². The summed E-state index contributed by atoms with van der Waals surface area (Å²) in [7, 11) is 0. The van der Waals surface area contributed by atoms with Crippen LogP contribution in [0.2, 0.25) is 0 Å². The Hall–Kier alpha value is -11.9. The molecule has 6 heterocycles. The Balaban J connectivity index is 0.860. The van der Waals surface area contributed by atoms with Crippen molar-refractivity contribution in [2.24, 2.45) is 0 Å². The molecule has 1 aliphatic carbocycles. The van der Waals surface area contributed by atoms with Crippen molar-refractivity contribution in [3.05, 3.63) is 382 Å². The second kappa shape index (κ2) is 28.5. The normalized spacial score (nSPS) is 13.4. The van der Waals surface area contributed by atoms with Crippen LogP contribution in [-0.2, 0) is 0 Å². The Labute approximate surface area is 704 Å². The van der Waals surface area contributed by atoms with E-state index in [0.29, 0.717) is 5.92 Å². The van der Waals surface area contributed by atoms with E-state index in [1.807, 2.05) is 0 Å². The van der Waals surface area contributed by atoms with Gasteiger partial charge in [-0.2, -0.15) is 0 Å². The predicted octanol–water partition coefficient (Wildman–Crippen LogP) is 26.9. The molecular weight excluding hydrogens is 1680 g/mol. The zero-order valence-corrected chi connectivity index (χ0v) is 70.8. The first-order valence-corrected chi connectivity index (χ1v) is 47.7. The van der Waals surface area contributed by atoms with Gasteiger partial charge in [0.05, 0.1) is 0 Å². The average Bonchev–Trinajstić information content (AvgIpc) is 1.56. The summed E-state index contributed by atoms with van der Waals surface area (Å²) < 4.78 is 11.5. The molecule has 1 saturated carbocycles. The van der Waals surface area contributed by atoms with Gasteiger partial charge in [-0.25, -0.2) is 0 Å². The smallest absolute Gasteiger partial charge is 0.0380 e. The molecule has 0 spiro atoms. The zero-order chi connectivity index (χ0) is 76.8. The number of hydrogen-bond donors (Lipinski definition) is 0. The molecule has 0 unspecified atom stereocenters. The van der Waals surface area contributed by atoms with Crippen LogP contribution in [0, 0.1) is 0 Å². The van der Waals surface area contributed by atoms with Crippen LogP contribution in [-0.4, -0.2) is 64.7 Å². The van der Waals surface area contributed by atoms with Crippen molar-refractivity contribution in [2.45, 2.75) is 38.0 Å². The molecule has 4 aromatic heterocycles. The van der Waals surface area contributed by atoms with Crippen LogP contribution in [0.3, 0.4) is 0 Å². The predicted molar refractivity (Wildman–Crippen MR) is 505 cm³/mol. The first kappa shape index (κ1) is 69.4. The Morgan fingerprint density at radius 3 is 0.863 bits per heavy atom. The van der Waals surface area contributed by atoms with E-state index in [1.165, 1.54) is 186 Å². The fraction of sp³-hybridized carbons (Fsp3) is 0.0556. The summed E-state index contributed by atoms with van der Waals surface area (Å²) >= 11 is 0.773. The number of anilines is 12. The van der Waals surface area contributed by atoms with E-state index in [1.54, 1.807) is 0 Å². The molecule has 0 bridgehead atoms. The molecule has 3 aliphatic rings. The van der Waals surface area contributed by atoms with Crippen LogP contribution < -0.4 is 36.0 Å². The third kappa shape index (κ3) is 11.6. The summed E-state index contributed by atoms with van der Waals surface area (Å²) in [4.78, 5) is 10.6. The monoisotopic (exact) mass is 1760 g/mol. The van der Waals surface area contributed by atoms with E-state index in [2.05, 4.69) is 396 Å². The van der Waals surface area contributed by atoms with E-state index >= 15 is 0 Å². The molecule has 0 amide bonds. The van der Waals surface area contributed by atoms with Gasteiger partial charge in [-0.05, 0) is 48.5 Å². The van der Waals surface area contributed by atoms with Gasteiger partial charge in [0.1, 0.15) is 0 Å². The van der Waals surface area contributed by atoms with Gasteiger partial charge in [0.15, 0.2) is 0 Å². The standard InChI is InChI=1S/C108H73BN4Se4/c1-6-26-68(27-7-1)73-64-96-106-97(65-73)113(108-82(71-50-58-104-90(62-71)86-38-18-22-46-100(86)116-104)42-25-43-83(108)72-51-59-105-91(63-72)87-39-19-23-47-101(87)117-105)95-67-79(111(76-32-12-4-13-33-76)77-34-14-5-15-35-77)53-55-93(95)109(106)92-54-52-78(110(74-28-8-2-9-29-74)75-30-10-3-11-31-75)66-94(92)112(96)107-80(69-48-56-102-88(60-69)84-36-16-20-44-98(84)114-102)40-24-41-81(107)70-49-57-103-89(61-70)85-37-17-21-45-99(85)115-103/h2-5,8-25,28-68H,1,6-7,26-27H2.